The minimum absolute atomic E-state index is 0.566. The number of hydrogen-bond donors (Lipinski definition) is 0. The van der Waals surface area contributed by atoms with Crippen LogP contribution in [0.3, 0.4) is 0 Å². The highest BCUT2D eigenvalue weighted by atomic mass is 19.4. The van der Waals surface area contributed by atoms with Crippen LogP contribution < -0.4 is 0 Å². The van der Waals surface area contributed by atoms with Crippen molar-refractivity contribution in [2.24, 2.45) is 0 Å². The summed E-state index contributed by atoms with van der Waals surface area (Å²) in [6.45, 7) is 3.69. The molecule has 0 unspecified atom stereocenters. The van der Waals surface area contributed by atoms with Crippen molar-refractivity contribution in [1.82, 2.24) is 0 Å². The van der Waals surface area contributed by atoms with Crippen molar-refractivity contribution in [3.63, 3.8) is 0 Å². The quantitative estimate of drug-likeness (QED) is 0.376. The summed E-state index contributed by atoms with van der Waals surface area (Å²) in [6.07, 6.45) is 6.76. The van der Waals surface area contributed by atoms with Crippen LogP contribution in [0.25, 0.3) is 0 Å². The molecule has 0 heterocycles. The van der Waals surface area contributed by atoms with Gasteiger partial charge in [0.1, 0.15) is 0 Å². The van der Waals surface area contributed by atoms with Gasteiger partial charge in [0, 0.05) is 0 Å². The summed E-state index contributed by atoms with van der Waals surface area (Å²) < 4.78 is 37.2. The average Bonchev–Trinajstić information content (AvgIpc) is 2.41. The van der Waals surface area contributed by atoms with Crippen LogP contribution in [-0.2, 0) is 12.6 Å². The molecule has 0 aliphatic rings. The molecule has 1 aromatic rings. The predicted octanol–water partition coefficient (Wildman–Crippen LogP) is 6.16. The second-order valence-corrected chi connectivity index (χ2v) is 5.14. The first-order chi connectivity index (χ1) is 9.54. The van der Waals surface area contributed by atoms with Gasteiger partial charge in [0.05, 0.1) is 5.56 Å². The molecule has 112 valence electrons. The zero-order valence-corrected chi connectivity index (χ0v) is 11.9. The Kier molecular flexibility index (Phi) is 7.42. The Labute approximate surface area is 119 Å². The second-order valence-electron chi connectivity index (χ2n) is 5.14. The lowest BCUT2D eigenvalue weighted by atomic mass is 10.0. The maximum Gasteiger partial charge on any atom is 0.416 e. The molecule has 0 aromatic heterocycles. The highest BCUT2D eigenvalue weighted by molar-refractivity contribution is 5.24. The molecule has 0 nitrogen and oxygen atoms in total. The molecule has 0 saturated heterocycles. The lowest BCUT2D eigenvalue weighted by molar-refractivity contribution is -0.137. The van der Waals surface area contributed by atoms with Gasteiger partial charge in [-0.05, 0) is 43.4 Å². The Morgan fingerprint density at radius 1 is 0.850 bits per heavy atom. The SMILES string of the molecule is C=CCCCCCCCCc1ccc(C(F)(F)F)cc1. The predicted molar refractivity (Wildman–Crippen MR) is 77.7 cm³/mol. The summed E-state index contributed by atoms with van der Waals surface area (Å²) in [4.78, 5) is 0. The van der Waals surface area contributed by atoms with E-state index in [2.05, 4.69) is 6.58 Å². The van der Waals surface area contributed by atoms with Gasteiger partial charge in [-0.3, -0.25) is 0 Å². The molecule has 0 aliphatic carbocycles. The van der Waals surface area contributed by atoms with Gasteiger partial charge in [0.2, 0.25) is 0 Å². The minimum Gasteiger partial charge on any atom is -0.166 e. The number of rotatable bonds is 9. The lowest BCUT2D eigenvalue weighted by Crippen LogP contribution is -2.04. The second kappa shape index (κ2) is 8.83. The summed E-state index contributed by atoms with van der Waals surface area (Å²) in [7, 11) is 0. The van der Waals surface area contributed by atoms with Crippen molar-refractivity contribution in [2.75, 3.05) is 0 Å². The van der Waals surface area contributed by atoms with E-state index in [-0.39, 0.29) is 0 Å². The number of aryl methyl sites for hydroxylation is 1. The van der Waals surface area contributed by atoms with Crippen LogP contribution in [0.4, 0.5) is 13.2 Å². The Hall–Kier alpha value is -1.25. The van der Waals surface area contributed by atoms with Crippen LogP contribution in [0.1, 0.15) is 56.1 Å². The topological polar surface area (TPSA) is 0 Å². The van der Waals surface area contributed by atoms with Crippen molar-refractivity contribution in [3.8, 4) is 0 Å². The van der Waals surface area contributed by atoms with Gasteiger partial charge in [-0.15, -0.1) is 6.58 Å². The van der Waals surface area contributed by atoms with Gasteiger partial charge in [-0.1, -0.05) is 43.9 Å². The summed E-state index contributed by atoms with van der Waals surface area (Å²) in [5, 5.41) is 0. The molecule has 0 spiro atoms. The van der Waals surface area contributed by atoms with Crippen LogP contribution >= 0.6 is 0 Å². The normalized spacial score (nSPS) is 11.6. The molecule has 0 saturated carbocycles. The fraction of sp³-hybridized carbons (Fsp3) is 0.529. The number of hydrogen-bond acceptors (Lipinski definition) is 0. The van der Waals surface area contributed by atoms with Crippen LogP contribution in [0, 0.1) is 0 Å². The Morgan fingerprint density at radius 2 is 1.40 bits per heavy atom. The van der Waals surface area contributed by atoms with Crippen molar-refractivity contribution >= 4 is 0 Å². The van der Waals surface area contributed by atoms with Crippen LogP contribution in [0.2, 0.25) is 0 Å². The van der Waals surface area contributed by atoms with Crippen molar-refractivity contribution < 1.29 is 13.2 Å². The van der Waals surface area contributed by atoms with E-state index in [4.69, 9.17) is 0 Å². The van der Waals surface area contributed by atoms with Crippen molar-refractivity contribution in [2.45, 2.75) is 57.5 Å². The molecule has 1 rings (SSSR count). The Bertz CT molecular complexity index is 376. The summed E-state index contributed by atoms with van der Waals surface area (Å²) >= 11 is 0. The third-order valence-corrected chi connectivity index (χ3v) is 3.40. The fourth-order valence-corrected chi connectivity index (χ4v) is 2.19. The molecule has 0 aliphatic heterocycles. The third kappa shape index (κ3) is 6.78. The molecular formula is C17H23F3. The summed E-state index contributed by atoms with van der Waals surface area (Å²) in [6, 6.07) is 5.52. The fourth-order valence-electron chi connectivity index (χ4n) is 2.19. The maximum absolute atomic E-state index is 12.4. The Morgan fingerprint density at radius 3 is 1.95 bits per heavy atom. The highest BCUT2D eigenvalue weighted by Gasteiger charge is 2.29. The maximum atomic E-state index is 12.4. The number of unbranched alkanes of at least 4 members (excludes halogenated alkanes) is 6. The Balaban J connectivity index is 2.15. The first-order valence-corrected chi connectivity index (χ1v) is 7.31. The van der Waals surface area contributed by atoms with Crippen molar-refractivity contribution in [3.05, 3.63) is 48.0 Å². The molecule has 20 heavy (non-hydrogen) atoms. The van der Waals surface area contributed by atoms with Crippen LogP contribution in [0.5, 0.6) is 0 Å². The van der Waals surface area contributed by atoms with E-state index in [0.29, 0.717) is 0 Å². The van der Waals surface area contributed by atoms with Gasteiger partial charge in [0.15, 0.2) is 0 Å². The standard InChI is InChI=1S/C17H23F3/c1-2-3-4-5-6-7-8-9-10-15-11-13-16(14-12-15)17(18,19)20/h2,11-14H,1,3-10H2. The van der Waals surface area contributed by atoms with Crippen molar-refractivity contribution in [1.29, 1.82) is 0 Å². The monoisotopic (exact) mass is 284 g/mol. The molecule has 0 bridgehead atoms. The lowest BCUT2D eigenvalue weighted by Gasteiger charge is -2.07. The average molecular weight is 284 g/mol. The number of allylic oxidation sites excluding steroid dienone is 1. The van der Waals surface area contributed by atoms with Crippen LogP contribution in [0.15, 0.2) is 36.9 Å². The van der Waals surface area contributed by atoms with E-state index in [0.717, 1.165) is 31.2 Å². The zero-order chi connectivity index (χ0) is 14.8. The van der Waals surface area contributed by atoms with Gasteiger partial charge >= 0.3 is 6.18 Å². The van der Waals surface area contributed by atoms with E-state index in [9.17, 15) is 13.2 Å². The van der Waals surface area contributed by atoms with E-state index in [1.807, 2.05) is 6.08 Å². The zero-order valence-electron chi connectivity index (χ0n) is 11.9. The van der Waals surface area contributed by atoms with Gasteiger partial charge in [-0.2, -0.15) is 13.2 Å². The summed E-state index contributed by atoms with van der Waals surface area (Å²) in [5.74, 6) is 0. The number of alkyl halides is 3. The van der Waals surface area contributed by atoms with Gasteiger partial charge in [-0.25, -0.2) is 0 Å². The molecule has 0 atom stereocenters. The molecule has 0 N–H and O–H groups in total. The number of benzene rings is 1. The van der Waals surface area contributed by atoms with Crippen LogP contribution in [-0.4, -0.2) is 0 Å². The first kappa shape index (κ1) is 16.8. The van der Waals surface area contributed by atoms with Gasteiger partial charge < -0.3 is 0 Å². The first-order valence-electron chi connectivity index (χ1n) is 7.31. The van der Waals surface area contributed by atoms with E-state index in [1.165, 1.54) is 37.8 Å². The summed E-state index contributed by atoms with van der Waals surface area (Å²) in [5.41, 5.74) is 0.424. The third-order valence-electron chi connectivity index (χ3n) is 3.40. The highest BCUT2D eigenvalue weighted by Crippen LogP contribution is 2.29. The molecule has 0 radical (unpaired) electrons. The molecule has 0 amide bonds. The number of halogens is 3. The van der Waals surface area contributed by atoms with E-state index >= 15 is 0 Å². The minimum atomic E-state index is -4.23. The largest absolute Gasteiger partial charge is 0.416 e. The van der Waals surface area contributed by atoms with Gasteiger partial charge in [0.25, 0.3) is 0 Å². The van der Waals surface area contributed by atoms with E-state index in [1.54, 1.807) is 12.1 Å². The molecule has 1 aromatic carbocycles. The molecular weight excluding hydrogens is 261 g/mol. The molecule has 3 heteroatoms. The molecule has 0 fully saturated rings. The van der Waals surface area contributed by atoms with E-state index < -0.39 is 11.7 Å². The smallest absolute Gasteiger partial charge is 0.166 e.